The molecule has 116 valence electrons. The summed E-state index contributed by atoms with van der Waals surface area (Å²) in [6.45, 7) is 0.0334. The Labute approximate surface area is 128 Å². The SMILES string of the molecule is COC(=O)c1cccc(S(=O)(=O)N(C)Cc2ncccn2)c1. The highest BCUT2D eigenvalue weighted by Crippen LogP contribution is 2.17. The van der Waals surface area contributed by atoms with Crippen molar-refractivity contribution in [1.29, 1.82) is 0 Å². The van der Waals surface area contributed by atoms with E-state index < -0.39 is 16.0 Å². The first-order valence-corrected chi connectivity index (χ1v) is 7.80. The summed E-state index contributed by atoms with van der Waals surface area (Å²) < 4.78 is 30.8. The van der Waals surface area contributed by atoms with Crippen LogP contribution in [-0.2, 0) is 21.3 Å². The molecule has 8 heteroatoms. The lowest BCUT2D eigenvalue weighted by atomic mass is 10.2. The number of sulfonamides is 1. The van der Waals surface area contributed by atoms with Crippen molar-refractivity contribution in [3.05, 3.63) is 54.1 Å². The largest absolute Gasteiger partial charge is 0.465 e. The Morgan fingerprint density at radius 1 is 1.23 bits per heavy atom. The average molecular weight is 321 g/mol. The molecule has 0 bridgehead atoms. The van der Waals surface area contributed by atoms with Crippen LogP contribution in [0, 0.1) is 0 Å². The number of methoxy groups -OCH3 is 1. The molecule has 0 saturated carbocycles. The van der Waals surface area contributed by atoms with Gasteiger partial charge in [-0.1, -0.05) is 6.07 Å². The molecule has 0 atom stereocenters. The van der Waals surface area contributed by atoms with Gasteiger partial charge in [-0.05, 0) is 24.3 Å². The fraction of sp³-hybridized carbons (Fsp3) is 0.214. The second-order valence-electron chi connectivity index (χ2n) is 4.45. The molecule has 0 spiro atoms. The predicted octanol–water partition coefficient (Wildman–Crippen LogP) is 1.08. The summed E-state index contributed by atoms with van der Waals surface area (Å²) in [6.07, 6.45) is 3.08. The summed E-state index contributed by atoms with van der Waals surface area (Å²) in [7, 11) is -1.09. The molecular weight excluding hydrogens is 306 g/mol. The minimum atomic E-state index is -3.76. The van der Waals surface area contributed by atoms with Crippen LogP contribution in [0.4, 0.5) is 0 Å². The van der Waals surface area contributed by atoms with E-state index in [4.69, 9.17) is 0 Å². The van der Waals surface area contributed by atoms with Crippen LogP contribution in [0.15, 0.2) is 47.6 Å². The molecule has 1 aromatic heterocycles. The summed E-state index contributed by atoms with van der Waals surface area (Å²) in [5.41, 5.74) is 0.174. The molecule has 1 heterocycles. The molecular formula is C14H15N3O4S. The molecule has 0 fully saturated rings. The van der Waals surface area contributed by atoms with Crippen LogP contribution in [0.25, 0.3) is 0 Å². The number of carbonyl (C=O) groups excluding carboxylic acids is 1. The minimum Gasteiger partial charge on any atom is -0.465 e. The van der Waals surface area contributed by atoms with E-state index in [2.05, 4.69) is 14.7 Å². The van der Waals surface area contributed by atoms with Crippen molar-refractivity contribution in [2.75, 3.05) is 14.2 Å². The van der Waals surface area contributed by atoms with Gasteiger partial charge in [0.05, 0.1) is 24.1 Å². The fourth-order valence-electron chi connectivity index (χ4n) is 1.78. The molecule has 0 saturated heterocycles. The highest BCUT2D eigenvalue weighted by molar-refractivity contribution is 7.89. The number of carbonyl (C=O) groups is 1. The third-order valence-corrected chi connectivity index (χ3v) is 4.75. The van der Waals surface area contributed by atoms with Gasteiger partial charge in [0.2, 0.25) is 10.0 Å². The van der Waals surface area contributed by atoms with Gasteiger partial charge in [-0.15, -0.1) is 0 Å². The van der Waals surface area contributed by atoms with Crippen molar-refractivity contribution in [3.8, 4) is 0 Å². The number of hydrogen-bond acceptors (Lipinski definition) is 6. The van der Waals surface area contributed by atoms with E-state index in [1.165, 1.54) is 38.4 Å². The van der Waals surface area contributed by atoms with Gasteiger partial charge < -0.3 is 4.74 Å². The van der Waals surface area contributed by atoms with Crippen LogP contribution in [0.1, 0.15) is 16.2 Å². The van der Waals surface area contributed by atoms with Gasteiger partial charge in [-0.2, -0.15) is 4.31 Å². The first kappa shape index (κ1) is 16.1. The summed E-state index contributed by atoms with van der Waals surface area (Å²) in [5, 5.41) is 0. The number of aromatic nitrogens is 2. The number of nitrogens with zero attached hydrogens (tertiary/aromatic N) is 3. The maximum Gasteiger partial charge on any atom is 0.337 e. The second kappa shape index (κ2) is 6.63. The van der Waals surface area contributed by atoms with E-state index >= 15 is 0 Å². The molecule has 1 aromatic carbocycles. The Morgan fingerprint density at radius 3 is 2.55 bits per heavy atom. The monoisotopic (exact) mass is 321 g/mol. The third-order valence-electron chi connectivity index (χ3n) is 2.95. The van der Waals surface area contributed by atoms with Crippen LogP contribution in [-0.4, -0.2) is 42.8 Å². The number of rotatable bonds is 5. The normalized spacial score (nSPS) is 11.4. The predicted molar refractivity (Wildman–Crippen MR) is 78.5 cm³/mol. The van der Waals surface area contributed by atoms with E-state index in [-0.39, 0.29) is 17.0 Å². The van der Waals surface area contributed by atoms with Crippen molar-refractivity contribution in [3.63, 3.8) is 0 Å². The molecule has 2 rings (SSSR count). The van der Waals surface area contributed by atoms with Gasteiger partial charge in [0.1, 0.15) is 5.82 Å². The van der Waals surface area contributed by atoms with E-state index in [0.717, 1.165) is 4.31 Å². The first-order chi connectivity index (χ1) is 10.4. The van der Waals surface area contributed by atoms with Gasteiger partial charge >= 0.3 is 5.97 Å². The molecule has 22 heavy (non-hydrogen) atoms. The summed E-state index contributed by atoms with van der Waals surface area (Å²) in [6, 6.07) is 7.34. The fourth-order valence-corrected chi connectivity index (χ4v) is 2.95. The highest BCUT2D eigenvalue weighted by atomic mass is 32.2. The highest BCUT2D eigenvalue weighted by Gasteiger charge is 2.22. The zero-order chi connectivity index (χ0) is 16.2. The van der Waals surface area contributed by atoms with E-state index in [9.17, 15) is 13.2 Å². The smallest absolute Gasteiger partial charge is 0.337 e. The summed E-state index contributed by atoms with van der Waals surface area (Å²) in [5.74, 6) is -0.205. The van der Waals surface area contributed by atoms with Crippen molar-refractivity contribution in [2.24, 2.45) is 0 Å². The van der Waals surface area contributed by atoms with E-state index in [1.807, 2.05) is 0 Å². The molecule has 0 N–H and O–H groups in total. The number of ether oxygens (including phenoxy) is 1. The van der Waals surface area contributed by atoms with Crippen LogP contribution >= 0.6 is 0 Å². The quantitative estimate of drug-likeness (QED) is 0.766. The summed E-state index contributed by atoms with van der Waals surface area (Å²) >= 11 is 0. The Kier molecular flexibility index (Phi) is 4.84. The molecule has 2 aromatic rings. The van der Waals surface area contributed by atoms with E-state index in [1.54, 1.807) is 18.5 Å². The van der Waals surface area contributed by atoms with Gasteiger partial charge in [0.25, 0.3) is 0 Å². The summed E-state index contributed by atoms with van der Waals surface area (Å²) in [4.78, 5) is 19.5. The van der Waals surface area contributed by atoms with Crippen molar-refractivity contribution < 1.29 is 17.9 Å². The molecule has 0 radical (unpaired) electrons. The van der Waals surface area contributed by atoms with Crippen LogP contribution in [0.5, 0.6) is 0 Å². The standard InChI is InChI=1S/C14H15N3O4S/c1-17(10-13-15-7-4-8-16-13)22(19,20)12-6-3-5-11(9-12)14(18)21-2/h3-9H,10H2,1-2H3. The lowest BCUT2D eigenvalue weighted by molar-refractivity contribution is 0.0600. The Hall–Kier alpha value is -2.32. The zero-order valence-electron chi connectivity index (χ0n) is 12.1. The van der Waals surface area contributed by atoms with Crippen LogP contribution in [0.2, 0.25) is 0 Å². The Bertz CT molecular complexity index is 763. The lowest BCUT2D eigenvalue weighted by Gasteiger charge is -2.16. The van der Waals surface area contributed by atoms with Crippen molar-refractivity contribution in [2.45, 2.75) is 11.4 Å². The van der Waals surface area contributed by atoms with Crippen LogP contribution < -0.4 is 0 Å². The molecule has 0 aliphatic heterocycles. The molecule has 0 unspecified atom stereocenters. The molecule has 7 nitrogen and oxygen atoms in total. The third kappa shape index (κ3) is 3.46. The van der Waals surface area contributed by atoms with Crippen LogP contribution in [0.3, 0.4) is 0 Å². The van der Waals surface area contributed by atoms with Gasteiger partial charge in [0.15, 0.2) is 0 Å². The minimum absolute atomic E-state index is 0.00818. The Morgan fingerprint density at radius 2 is 1.91 bits per heavy atom. The molecule has 0 amide bonds. The lowest BCUT2D eigenvalue weighted by Crippen LogP contribution is -2.27. The number of esters is 1. The van der Waals surface area contributed by atoms with Gasteiger partial charge in [-0.3, -0.25) is 0 Å². The van der Waals surface area contributed by atoms with Gasteiger partial charge in [0, 0.05) is 19.4 Å². The molecule has 0 aliphatic carbocycles. The van der Waals surface area contributed by atoms with Crippen molar-refractivity contribution >= 4 is 16.0 Å². The van der Waals surface area contributed by atoms with Gasteiger partial charge in [-0.25, -0.2) is 23.2 Å². The Balaban J connectivity index is 2.28. The van der Waals surface area contributed by atoms with E-state index in [0.29, 0.717) is 5.82 Å². The first-order valence-electron chi connectivity index (χ1n) is 6.36. The maximum atomic E-state index is 12.5. The maximum absolute atomic E-state index is 12.5. The number of hydrogen-bond donors (Lipinski definition) is 0. The molecule has 0 aliphatic rings. The zero-order valence-corrected chi connectivity index (χ0v) is 12.9. The topological polar surface area (TPSA) is 89.5 Å². The average Bonchev–Trinajstić information content (AvgIpc) is 2.55. The second-order valence-corrected chi connectivity index (χ2v) is 6.49. The van der Waals surface area contributed by atoms with Crippen molar-refractivity contribution in [1.82, 2.24) is 14.3 Å². The number of benzene rings is 1.